The number of nitrogens with one attached hydrogen (secondary N) is 1. The first kappa shape index (κ1) is 16.7. The van der Waals surface area contributed by atoms with Gasteiger partial charge in [0.05, 0.1) is 7.11 Å². The van der Waals surface area contributed by atoms with E-state index >= 15 is 0 Å². The summed E-state index contributed by atoms with van der Waals surface area (Å²) in [5.41, 5.74) is 6.90. The van der Waals surface area contributed by atoms with Crippen molar-refractivity contribution in [2.24, 2.45) is 5.92 Å². The fraction of sp³-hybridized carbons (Fsp3) is 0.538. The molecule has 1 rings (SSSR count). The third kappa shape index (κ3) is 3.62. The highest BCUT2D eigenvalue weighted by molar-refractivity contribution is 7.89. The molecule has 0 bridgehead atoms. The number of nitrogen functional groups attached to an aromatic ring is 1. The van der Waals surface area contributed by atoms with Crippen molar-refractivity contribution in [3.05, 3.63) is 17.7 Å². The number of rotatable bonds is 6. The minimum absolute atomic E-state index is 0.0000831. The average molecular weight is 302 g/mol. The summed E-state index contributed by atoms with van der Waals surface area (Å²) in [6.07, 6.45) is 0. The number of aliphatic hydroxyl groups is 1. The van der Waals surface area contributed by atoms with E-state index in [1.807, 2.05) is 0 Å². The van der Waals surface area contributed by atoms with Crippen LogP contribution in [0.5, 0.6) is 5.75 Å². The maximum atomic E-state index is 12.4. The van der Waals surface area contributed by atoms with Crippen LogP contribution in [-0.2, 0) is 10.0 Å². The third-order valence-corrected chi connectivity index (χ3v) is 4.90. The van der Waals surface area contributed by atoms with Crippen LogP contribution in [0.25, 0.3) is 0 Å². The van der Waals surface area contributed by atoms with Gasteiger partial charge in [-0.25, -0.2) is 13.1 Å². The van der Waals surface area contributed by atoms with Crippen LogP contribution in [0.2, 0.25) is 0 Å². The van der Waals surface area contributed by atoms with Gasteiger partial charge >= 0.3 is 0 Å². The van der Waals surface area contributed by atoms with Crippen molar-refractivity contribution in [1.82, 2.24) is 4.72 Å². The minimum atomic E-state index is -3.76. The van der Waals surface area contributed by atoms with Crippen molar-refractivity contribution >= 4 is 15.7 Å². The molecule has 6 nitrogen and oxygen atoms in total. The Bertz CT molecular complexity index is 572. The maximum Gasteiger partial charge on any atom is 0.244 e. The van der Waals surface area contributed by atoms with Crippen molar-refractivity contribution in [1.29, 1.82) is 0 Å². The first-order valence-corrected chi connectivity index (χ1v) is 7.78. The Kier molecular flexibility index (Phi) is 5.38. The fourth-order valence-corrected chi connectivity index (χ4v) is 3.17. The van der Waals surface area contributed by atoms with Crippen LogP contribution in [0.1, 0.15) is 19.4 Å². The zero-order chi connectivity index (χ0) is 15.5. The van der Waals surface area contributed by atoms with Crippen LogP contribution in [0.15, 0.2) is 17.0 Å². The zero-order valence-corrected chi connectivity index (χ0v) is 13.0. The van der Waals surface area contributed by atoms with Gasteiger partial charge in [0, 0.05) is 18.3 Å². The van der Waals surface area contributed by atoms with E-state index in [2.05, 4.69) is 4.72 Å². The number of hydrogen-bond donors (Lipinski definition) is 3. The van der Waals surface area contributed by atoms with E-state index < -0.39 is 16.1 Å². The number of anilines is 1. The van der Waals surface area contributed by atoms with Gasteiger partial charge in [-0.2, -0.15) is 0 Å². The lowest BCUT2D eigenvalue weighted by Gasteiger charge is -2.20. The number of ether oxygens (including phenoxy) is 1. The lowest BCUT2D eigenvalue weighted by molar-refractivity contribution is 0.216. The first-order valence-electron chi connectivity index (χ1n) is 6.30. The molecule has 4 N–H and O–H groups in total. The number of sulfonamides is 1. The molecule has 0 saturated heterocycles. The molecule has 0 radical (unpaired) electrons. The standard InChI is InChI=1S/C13H22N2O4S/c1-8-5-12(19-4)13(6-11(8)14)20(17,18)15-10(3)9(2)7-16/h5-6,9-10,15-16H,7,14H2,1-4H3. The maximum absolute atomic E-state index is 12.4. The van der Waals surface area contributed by atoms with Gasteiger partial charge in [-0.1, -0.05) is 6.92 Å². The third-order valence-electron chi connectivity index (χ3n) is 3.32. The monoisotopic (exact) mass is 302 g/mol. The predicted molar refractivity (Wildman–Crippen MR) is 78.2 cm³/mol. The molecule has 2 atom stereocenters. The molecule has 0 fully saturated rings. The topological polar surface area (TPSA) is 102 Å². The van der Waals surface area contributed by atoms with Crippen LogP contribution < -0.4 is 15.2 Å². The van der Waals surface area contributed by atoms with Crippen molar-refractivity contribution in [3.63, 3.8) is 0 Å². The van der Waals surface area contributed by atoms with Crippen molar-refractivity contribution < 1.29 is 18.3 Å². The predicted octanol–water partition coefficient (Wildman–Crippen LogP) is 0.881. The van der Waals surface area contributed by atoms with Crippen LogP contribution in [0.4, 0.5) is 5.69 Å². The summed E-state index contributed by atoms with van der Waals surface area (Å²) >= 11 is 0. The summed E-state index contributed by atoms with van der Waals surface area (Å²) in [5, 5.41) is 9.07. The number of aliphatic hydroxyl groups excluding tert-OH is 1. The van der Waals surface area contributed by atoms with Gasteiger partial charge in [0.1, 0.15) is 10.6 Å². The minimum Gasteiger partial charge on any atom is -0.495 e. The summed E-state index contributed by atoms with van der Waals surface area (Å²) in [6.45, 7) is 5.13. The molecule has 0 saturated carbocycles. The molecule has 0 heterocycles. The molecular weight excluding hydrogens is 280 g/mol. The van der Waals surface area contributed by atoms with E-state index in [0.29, 0.717) is 5.69 Å². The normalized spacial score (nSPS) is 14.8. The molecule has 0 aliphatic rings. The summed E-state index contributed by atoms with van der Waals surface area (Å²) in [7, 11) is -2.36. The summed E-state index contributed by atoms with van der Waals surface area (Å²) < 4.78 is 32.4. The Labute approximate surface area is 120 Å². The van der Waals surface area contributed by atoms with Gasteiger partial charge in [0.25, 0.3) is 0 Å². The molecule has 2 unspecified atom stereocenters. The van der Waals surface area contributed by atoms with E-state index in [4.69, 9.17) is 15.6 Å². The van der Waals surface area contributed by atoms with Crippen LogP contribution in [0.3, 0.4) is 0 Å². The molecular formula is C13H22N2O4S. The van der Waals surface area contributed by atoms with E-state index in [-0.39, 0.29) is 23.2 Å². The highest BCUT2D eigenvalue weighted by atomic mass is 32.2. The second kappa shape index (κ2) is 6.43. The van der Waals surface area contributed by atoms with Crippen molar-refractivity contribution in [3.8, 4) is 5.75 Å². The molecule has 0 aliphatic carbocycles. The summed E-state index contributed by atoms with van der Waals surface area (Å²) in [4.78, 5) is 0.0000831. The van der Waals surface area contributed by atoms with Crippen LogP contribution in [-0.4, -0.2) is 33.3 Å². The lowest BCUT2D eigenvalue weighted by Crippen LogP contribution is -2.38. The average Bonchev–Trinajstić information content (AvgIpc) is 2.39. The number of nitrogens with two attached hydrogens (primary N) is 1. The Balaban J connectivity index is 3.19. The fourth-order valence-electron chi connectivity index (χ4n) is 1.63. The molecule has 0 spiro atoms. The second-order valence-corrected chi connectivity index (χ2v) is 6.61. The Morgan fingerprint density at radius 3 is 2.50 bits per heavy atom. The summed E-state index contributed by atoms with van der Waals surface area (Å²) in [5.74, 6) is 0.0478. The quantitative estimate of drug-likeness (QED) is 0.677. The van der Waals surface area contributed by atoms with Gasteiger partial charge in [-0.3, -0.25) is 0 Å². The Hall–Kier alpha value is -1.31. The lowest BCUT2D eigenvalue weighted by atomic mass is 10.1. The van der Waals surface area contributed by atoms with E-state index in [9.17, 15) is 8.42 Å². The molecule has 1 aromatic rings. The van der Waals surface area contributed by atoms with Gasteiger partial charge in [0.2, 0.25) is 10.0 Å². The molecule has 114 valence electrons. The highest BCUT2D eigenvalue weighted by Crippen LogP contribution is 2.29. The second-order valence-electron chi connectivity index (χ2n) is 4.93. The van der Waals surface area contributed by atoms with Gasteiger partial charge in [-0.15, -0.1) is 0 Å². The highest BCUT2D eigenvalue weighted by Gasteiger charge is 2.24. The van der Waals surface area contributed by atoms with Crippen molar-refractivity contribution in [2.45, 2.75) is 31.7 Å². The van der Waals surface area contributed by atoms with E-state index in [0.717, 1.165) is 5.56 Å². The summed E-state index contributed by atoms with van der Waals surface area (Å²) in [6, 6.07) is 2.56. The first-order chi connectivity index (χ1) is 9.22. The molecule has 7 heteroatoms. The van der Waals surface area contributed by atoms with Gasteiger partial charge in [-0.05, 0) is 37.5 Å². The smallest absolute Gasteiger partial charge is 0.244 e. The van der Waals surface area contributed by atoms with Gasteiger partial charge < -0.3 is 15.6 Å². The number of aryl methyl sites for hydroxylation is 1. The molecule has 20 heavy (non-hydrogen) atoms. The SMILES string of the molecule is COc1cc(C)c(N)cc1S(=O)(=O)NC(C)C(C)CO. The van der Waals surface area contributed by atoms with Gasteiger partial charge in [0.15, 0.2) is 0 Å². The number of hydrogen-bond acceptors (Lipinski definition) is 5. The number of benzene rings is 1. The molecule has 0 aromatic heterocycles. The molecule has 0 aliphatic heterocycles. The number of methoxy groups -OCH3 is 1. The van der Waals surface area contributed by atoms with E-state index in [1.54, 1.807) is 26.8 Å². The molecule has 1 aromatic carbocycles. The molecule has 0 amide bonds. The largest absolute Gasteiger partial charge is 0.495 e. The van der Waals surface area contributed by atoms with E-state index in [1.165, 1.54) is 13.2 Å². The Morgan fingerprint density at radius 1 is 1.40 bits per heavy atom. The zero-order valence-electron chi connectivity index (χ0n) is 12.2. The van der Waals surface area contributed by atoms with Crippen LogP contribution >= 0.6 is 0 Å². The van der Waals surface area contributed by atoms with Crippen LogP contribution in [0, 0.1) is 12.8 Å². The Morgan fingerprint density at radius 2 is 2.00 bits per heavy atom. The van der Waals surface area contributed by atoms with Crippen molar-refractivity contribution in [2.75, 3.05) is 19.5 Å².